The molecule has 7 heteroatoms. The van der Waals surface area contributed by atoms with E-state index in [0.717, 1.165) is 6.54 Å². The zero-order chi connectivity index (χ0) is 12.7. The van der Waals surface area contributed by atoms with E-state index in [4.69, 9.17) is 5.73 Å². The molecule has 1 saturated heterocycles. The summed E-state index contributed by atoms with van der Waals surface area (Å²) < 4.78 is 28.3. The molecular formula is C10H19F2N3O2. The molecule has 0 bridgehead atoms. The Bertz CT molecular complexity index is 242. The lowest BCUT2D eigenvalue weighted by Gasteiger charge is -2.35. The number of carbonyl (C=O) groups excluding carboxylic acids is 1. The second-order valence-corrected chi connectivity index (χ2v) is 3.90. The number of hydrogen-bond donors (Lipinski definition) is 2. The summed E-state index contributed by atoms with van der Waals surface area (Å²) in [7, 11) is 0. The molecule has 3 N–H and O–H groups in total. The number of piperazine rings is 1. The fraction of sp³-hybridized carbons (Fsp3) is 0.900. The van der Waals surface area contributed by atoms with Crippen LogP contribution < -0.4 is 11.1 Å². The Morgan fingerprint density at radius 3 is 3.00 bits per heavy atom. The third-order valence-corrected chi connectivity index (χ3v) is 2.65. The molecule has 1 fully saturated rings. The lowest BCUT2D eigenvalue weighted by Crippen LogP contribution is -2.56. The van der Waals surface area contributed by atoms with E-state index in [1.807, 2.05) is 0 Å². The number of nitrogens with one attached hydrogen (secondary N) is 1. The highest BCUT2D eigenvalue weighted by Crippen LogP contribution is 2.05. The van der Waals surface area contributed by atoms with Crippen LogP contribution in [0.4, 0.5) is 8.78 Å². The summed E-state index contributed by atoms with van der Waals surface area (Å²) in [5, 5.41) is 3.15. The van der Waals surface area contributed by atoms with Crippen LogP contribution in [0.1, 0.15) is 6.42 Å². The molecule has 0 aromatic carbocycles. The van der Waals surface area contributed by atoms with Gasteiger partial charge in [-0.05, 0) is 0 Å². The summed E-state index contributed by atoms with van der Waals surface area (Å²) in [5.74, 6) is -0.0868. The molecule has 0 spiro atoms. The van der Waals surface area contributed by atoms with Gasteiger partial charge in [-0.1, -0.05) is 0 Å². The minimum absolute atomic E-state index is 0.00801. The molecular weight excluding hydrogens is 232 g/mol. The monoisotopic (exact) mass is 251 g/mol. The molecule has 5 nitrogen and oxygen atoms in total. The first kappa shape index (κ1) is 14.3. The predicted octanol–water partition coefficient (Wildman–Crippen LogP) is -0.583. The highest BCUT2D eigenvalue weighted by molar-refractivity contribution is 5.76. The van der Waals surface area contributed by atoms with Crippen LogP contribution >= 0.6 is 0 Å². The molecule has 1 rings (SSSR count). The van der Waals surface area contributed by atoms with E-state index in [1.54, 1.807) is 4.90 Å². The summed E-state index contributed by atoms with van der Waals surface area (Å²) in [4.78, 5) is 13.5. The smallest absolute Gasteiger partial charge is 0.261 e. The molecule has 1 atom stereocenters. The standard InChI is InChI=1S/C10H19F2N3O2/c11-9(12)7-17-4-1-10(16)15-3-2-14-6-8(15)5-13/h8-9,14H,1-7,13H2. The van der Waals surface area contributed by atoms with Crippen molar-refractivity contribution in [2.24, 2.45) is 5.73 Å². The van der Waals surface area contributed by atoms with E-state index in [1.165, 1.54) is 0 Å². The van der Waals surface area contributed by atoms with Crippen molar-refractivity contribution in [1.29, 1.82) is 0 Å². The Balaban J connectivity index is 2.25. The molecule has 0 aromatic heterocycles. The van der Waals surface area contributed by atoms with Crippen molar-refractivity contribution in [2.75, 3.05) is 39.4 Å². The van der Waals surface area contributed by atoms with E-state index in [-0.39, 0.29) is 25.0 Å². The van der Waals surface area contributed by atoms with Gasteiger partial charge >= 0.3 is 0 Å². The molecule has 0 radical (unpaired) electrons. The van der Waals surface area contributed by atoms with Gasteiger partial charge in [0.2, 0.25) is 5.91 Å². The maximum atomic E-state index is 11.8. The van der Waals surface area contributed by atoms with Crippen LogP contribution in [0.25, 0.3) is 0 Å². The third-order valence-electron chi connectivity index (χ3n) is 2.65. The van der Waals surface area contributed by atoms with Crippen LogP contribution in [0.15, 0.2) is 0 Å². The molecule has 0 saturated carbocycles. The van der Waals surface area contributed by atoms with Gasteiger partial charge in [-0.2, -0.15) is 0 Å². The fourth-order valence-corrected chi connectivity index (χ4v) is 1.78. The Labute approximate surface area is 99.3 Å². The summed E-state index contributed by atoms with van der Waals surface area (Å²) in [6.45, 7) is 1.84. The van der Waals surface area contributed by atoms with Crippen molar-refractivity contribution in [2.45, 2.75) is 18.9 Å². The quantitative estimate of drug-likeness (QED) is 0.620. The number of hydrogen-bond acceptors (Lipinski definition) is 4. The van der Waals surface area contributed by atoms with Gasteiger partial charge in [0.15, 0.2) is 0 Å². The van der Waals surface area contributed by atoms with Gasteiger partial charge < -0.3 is 20.7 Å². The van der Waals surface area contributed by atoms with Gasteiger partial charge in [-0.15, -0.1) is 0 Å². The summed E-state index contributed by atoms with van der Waals surface area (Å²) in [6, 6.07) is -0.00801. The van der Waals surface area contributed by atoms with E-state index in [0.29, 0.717) is 19.6 Å². The number of alkyl halides is 2. The Morgan fingerprint density at radius 2 is 2.35 bits per heavy atom. The van der Waals surface area contributed by atoms with E-state index in [2.05, 4.69) is 10.1 Å². The van der Waals surface area contributed by atoms with Crippen molar-refractivity contribution in [3.05, 3.63) is 0 Å². The van der Waals surface area contributed by atoms with Crippen LogP contribution in [0.3, 0.4) is 0 Å². The van der Waals surface area contributed by atoms with E-state index in [9.17, 15) is 13.6 Å². The summed E-state index contributed by atoms with van der Waals surface area (Å²) in [6.07, 6.45) is -2.36. The van der Waals surface area contributed by atoms with Crippen LogP contribution in [0.5, 0.6) is 0 Å². The zero-order valence-electron chi connectivity index (χ0n) is 9.70. The van der Waals surface area contributed by atoms with Gasteiger partial charge in [-0.25, -0.2) is 8.78 Å². The first-order chi connectivity index (χ1) is 8.15. The maximum Gasteiger partial charge on any atom is 0.261 e. The number of nitrogens with zero attached hydrogens (tertiary/aromatic N) is 1. The topological polar surface area (TPSA) is 67.6 Å². The van der Waals surface area contributed by atoms with Crippen molar-refractivity contribution in [1.82, 2.24) is 10.2 Å². The molecule has 1 aliphatic heterocycles. The largest absolute Gasteiger partial charge is 0.375 e. The van der Waals surface area contributed by atoms with Gasteiger partial charge in [-0.3, -0.25) is 4.79 Å². The van der Waals surface area contributed by atoms with Gasteiger partial charge in [0, 0.05) is 26.2 Å². The normalized spacial score (nSPS) is 20.9. The average Bonchev–Trinajstić information content (AvgIpc) is 2.34. The predicted molar refractivity (Wildman–Crippen MR) is 58.9 cm³/mol. The summed E-state index contributed by atoms with van der Waals surface area (Å²) >= 11 is 0. The Morgan fingerprint density at radius 1 is 1.59 bits per heavy atom. The second kappa shape index (κ2) is 7.52. The highest BCUT2D eigenvalue weighted by Gasteiger charge is 2.24. The molecule has 100 valence electrons. The summed E-state index contributed by atoms with van der Waals surface area (Å²) in [5.41, 5.74) is 5.56. The van der Waals surface area contributed by atoms with Crippen LogP contribution in [-0.4, -0.2) is 62.7 Å². The van der Waals surface area contributed by atoms with Crippen molar-refractivity contribution >= 4 is 5.91 Å². The van der Waals surface area contributed by atoms with Crippen LogP contribution in [0.2, 0.25) is 0 Å². The first-order valence-corrected chi connectivity index (χ1v) is 5.71. The third kappa shape index (κ3) is 4.93. The van der Waals surface area contributed by atoms with Crippen LogP contribution in [0, 0.1) is 0 Å². The fourth-order valence-electron chi connectivity index (χ4n) is 1.78. The number of nitrogens with two attached hydrogens (primary N) is 1. The number of ether oxygens (including phenoxy) is 1. The molecule has 1 aliphatic rings. The molecule has 17 heavy (non-hydrogen) atoms. The number of halogens is 2. The number of carbonyl (C=O) groups is 1. The zero-order valence-corrected chi connectivity index (χ0v) is 9.70. The SMILES string of the molecule is NCC1CNCCN1C(=O)CCOCC(F)F. The van der Waals surface area contributed by atoms with Gasteiger partial charge in [0.25, 0.3) is 6.43 Å². The number of rotatable bonds is 6. The molecule has 1 amide bonds. The molecule has 0 aliphatic carbocycles. The van der Waals surface area contributed by atoms with Gasteiger partial charge in [0.1, 0.15) is 6.61 Å². The minimum Gasteiger partial charge on any atom is -0.375 e. The van der Waals surface area contributed by atoms with E-state index < -0.39 is 13.0 Å². The van der Waals surface area contributed by atoms with Crippen molar-refractivity contribution < 1.29 is 18.3 Å². The van der Waals surface area contributed by atoms with E-state index >= 15 is 0 Å². The molecule has 0 aromatic rings. The van der Waals surface area contributed by atoms with Crippen molar-refractivity contribution in [3.8, 4) is 0 Å². The average molecular weight is 251 g/mol. The first-order valence-electron chi connectivity index (χ1n) is 5.71. The van der Waals surface area contributed by atoms with Crippen molar-refractivity contribution in [3.63, 3.8) is 0 Å². The number of amides is 1. The van der Waals surface area contributed by atoms with Gasteiger partial charge in [0.05, 0.1) is 19.1 Å². The maximum absolute atomic E-state index is 11.8. The minimum atomic E-state index is -2.49. The lowest BCUT2D eigenvalue weighted by molar-refractivity contribution is -0.135. The molecule has 1 heterocycles. The van der Waals surface area contributed by atoms with Crippen LogP contribution in [-0.2, 0) is 9.53 Å². The Kier molecular flexibility index (Phi) is 6.31. The second-order valence-electron chi connectivity index (χ2n) is 3.90. The molecule has 1 unspecified atom stereocenters. The lowest BCUT2D eigenvalue weighted by atomic mass is 10.2. The Hall–Kier alpha value is -0.790. The highest BCUT2D eigenvalue weighted by atomic mass is 19.3.